The molecule has 4 atom stereocenters. The molecule has 0 aromatic heterocycles. The van der Waals surface area contributed by atoms with Crippen LogP contribution in [0.15, 0.2) is 53.3 Å². The van der Waals surface area contributed by atoms with E-state index < -0.39 is 58.0 Å². The quantitative estimate of drug-likeness (QED) is 0.226. The molecule has 2 aromatic carbocycles. The van der Waals surface area contributed by atoms with E-state index in [1.807, 2.05) is 24.3 Å². The van der Waals surface area contributed by atoms with Crippen LogP contribution in [0.4, 0.5) is 0 Å². The summed E-state index contributed by atoms with van der Waals surface area (Å²) in [5.41, 5.74) is 5.00. The van der Waals surface area contributed by atoms with Crippen LogP contribution in [-0.4, -0.2) is 99.6 Å². The summed E-state index contributed by atoms with van der Waals surface area (Å²) in [5, 5.41) is 45.3. The summed E-state index contributed by atoms with van der Waals surface area (Å²) in [7, 11) is 4.55. The predicted molar refractivity (Wildman–Crippen MR) is 176 cm³/mol. The van der Waals surface area contributed by atoms with Gasteiger partial charge < -0.3 is 30.9 Å². The molecular weight excluding hydrogens is 618 g/mol. The summed E-state index contributed by atoms with van der Waals surface area (Å²) in [6.45, 7) is 2.29. The van der Waals surface area contributed by atoms with Gasteiger partial charge in [-0.1, -0.05) is 37.8 Å². The van der Waals surface area contributed by atoms with Crippen molar-refractivity contribution in [3.8, 4) is 16.9 Å². The molecule has 1 aliphatic heterocycles. The van der Waals surface area contributed by atoms with Crippen LogP contribution in [0.5, 0.6) is 5.75 Å². The lowest BCUT2D eigenvalue weighted by Crippen LogP contribution is -2.65. The number of piperidine rings is 1. The Balaban J connectivity index is 0.00000451. The number of aliphatic hydroxyl groups is 3. The molecular formula is C36H43N3O9. The minimum Gasteiger partial charge on any atom is -0.508 e. The van der Waals surface area contributed by atoms with Crippen LogP contribution in [0.25, 0.3) is 16.9 Å². The number of hydrogen-bond donors (Lipinski definition) is 5. The van der Waals surface area contributed by atoms with Gasteiger partial charge in [0.2, 0.25) is 5.78 Å². The fourth-order valence-corrected chi connectivity index (χ4v) is 8.06. The van der Waals surface area contributed by atoms with E-state index in [-0.39, 0.29) is 49.0 Å². The minimum atomic E-state index is -2.68. The molecule has 0 spiro atoms. The number of phenolic OH excluding ortho intramolecular Hbond substituents is 1. The normalized spacial score (nSPS) is 26.1. The fourth-order valence-electron chi connectivity index (χ4n) is 8.06. The molecule has 2 aromatic rings. The zero-order valence-electron chi connectivity index (χ0n) is 26.5. The predicted octanol–water partition coefficient (Wildman–Crippen LogP) is 2.65. The first kappa shape index (κ1) is 34.8. The first-order valence-corrected chi connectivity index (χ1v) is 15.7. The molecule has 1 heterocycles. The molecule has 1 amide bonds. The number of phenols is 1. The zero-order chi connectivity index (χ0) is 33.9. The number of nitrogens with two attached hydrogens (primary N) is 1. The summed E-state index contributed by atoms with van der Waals surface area (Å²) in [6, 6.07) is 9.97. The van der Waals surface area contributed by atoms with Crippen LogP contribution in [0.1, 0.15) is 43.4 Å². The number of Topliss-reactive ketones (excluding diaryl/α,β-unsaturated/α-hetero) is 2. The number of esters is 1. The zero-order valence-corrected chi connectivity index (χ0v) is 26.5. The number of primary amides is 1. The van der Waals surface area contributed by atoms with E-state index in [1.165, 1.54) is 18.1 Å². The number of likely N-dealkylation sites (N-methyl/N-ethyl adjacent to an activating group) is 1. The number of nitrogens with zero attached hydrogens (tertiary/aromatic N) is 2. The molecule has 6 rings (SSSR count). The Morgan fingerprint density at radius 2 is 1.69 bits per heavy atom. The molecule has 12 nitrogen and oxygen atoms in total. The largest absolute Gasteiger partial charge is 0.508 e. The number of rotatable bonds is 6. The topological polar surface area (TPSA) is 191 Å². The third kappa shape index (κ3) is 5.37. The average Bonchev–Trinajstić information content (AvgIpc) is 3.03. The number of carbonyl (C=O) groups is 4. The Hall–Kier alpha value is -4.52. The molecule has 4 aliphatic rings. The van der Waals surface area contributed by atoms with E-state index in [2.05, 4.69) is 4.90 Å². The second-order valence-corrected chi connectivity index (χ2v) is 13.2. The first-order valence-electron chi connectivity index (χ1n) is 15.7. The van der Waals surface area contributed by atoms with Gasteiger partial charge in [-0.25, -0.2) is 0 Å². The molecule has 6 N–H and O–H groups in total. The summed E-state index contributed by atoms with van der Waals surface area (Å²) in [6.07, 6.45) is 1.72. The average molecular weight is 662 g/mol. The Morgan fingerprint density at radius 1 is 1.04 bits per heavy atom. The summed E-state index contributed by atoms with van der Waals surface area (Å²) in [5.74, 6) is -7.03. The lowest BCUT2D eigenvalue weighted by molar-refractivity contribution is -0.153. The van der Waals surface area contributed by atoms with Crippen LogP contribution < -0.4 is 5.73 Å². The SMILES string of the molecule is C.COC(=O)C1CCN(Cc2ccc(-c3ccc(O)c4c3C[C@H]3C[C@H]5[C@H](N(C)C)C(=O)C(C(N)=O)=C(O)[C@@]5(O)C(=O)C3=C4O)cc2)CC1. The summed E-state index contributed by atoms with van der Waals surface area (Å²) in [4.78, 5) is 55.2. The van der Waals surface area contributed by atoms with Crippen molar-refractivity contribution in [3.63, 3.8) is 0 Å². The molecule has 1 saturated carbocycles. The van der Waals surface area contributed by atoms with E-state index in [9.17, 15) is 39.6 Å². The highest BCUT2D eigenvalue weighted by Gasteiger charge is 2.64. The highest BCUT2D eigenvalue weighted by atomic mass is 16.5. The minimum absolute atomic E-state index is 0. The number of ether oxygens (including phenoxy) is 1. The van der Waals surface area contributed by atoms with Gasteiger partial charge in [-0.2, -0.15) is 0 Å². The number of hydrogen-bond acceptors (Lipinski definition) is 11. The molecule has 2 fully saturated rings. The highest BCUT2D eigenvalue weighted by Crippen LogP contribution is 2.53. The van der Waals surface area contributed by atoms with Gasteiger partial charge in [-0.15, -0.1) is 0 Å². The Labute approximate surface area is 279 Å². The van der Waals surface area contributed by atoms with Crippen LogP contribution in [0.2, 0.25) is 0 Å². The highest BCUT2D eigenvalue weighted by molar-refractivity contribution is 6.24. The van der Waals surface area contributed by atoms with Gasteiger partial charge in [-0.05, 0) is 87.1 Å². The molecule has 0 bridgehead atoms. The van der Waals surface area contributed by atoms with Crippen molar-refractivity contribution < 1.29 is 44.3 Å². The molecule has 3 aliphatic carbocycles. The third-order valence-corrected chi connectivity index (χ3v) is 10.4. The monoisotopic (exact) mass is 661 g/mol. The van der Waals surface area contributed by atoms with Gasteiger partial charge in [0.15, 0.2) is 11.4 Å². The Kier molecular flexibility index (Phi) is 9.30. The van der Waals surface area contributed by atoms with Crippen molar-refractivity contribution >= 4 is 29.2 Å². The van der Waals surface area contributed by atoms with E-state index in [1.54, 1.807) is 20.2 Å². The second kappa shape index (κ2) is 12.8. The van der Waals surface area contributed by atoms with E-state index in [0.717, 1.165) is 42.6 Å². The summed E-state index contributed by atoms with van der Waals surface area (Å²) >= 11 is 0. The van der Waals surface area contributed by atoms with Crippen molar-refractivity contribution in [2.75, 3.05) is 34.3 Å². The molecule has 1 saturated heterocycles. The number of aromatic hydroxyl groups is 1. The van der Waals surface area contributed by atoms with E-state index in [4.69, 9.17) is 10.5 Å². The molecule has 256 valence electrons. The second-order valence-electron chi connectivity index (χ2n) is 13.2. The van der Waals surface area contributed by atoms with E-state index >= 15 is 0 Å². The first-order chi connectivity index (χ1) is 22.3. The van der Waals surface area contributed by atoms with Crippen LogP contribution in [0.3, 0.4) is 0 Å². The van der Waals surface area contributed by atoms with Crippen LogP contribution >= 0.6 is 0 Å². The number of benzene rings is 2. The maximum Gasteiger partial charge on any atom is 0.308 e. The lowest BCUT2D eigenvalue weighted by Gasteiger charge is -2.50. The lowest BCUT2D eigenvalue weighted by atomic mass is 9.57. The number of aliphatic hydroxyl groups excluding tert-OH is 2. The van der Waals surface area contributed by atoms with E-state index in [0.29, 0.717) is 12.1 Å². The Morgan fingerprint density at radius 3 is 2.27 bits per heavy atom. The number of fused-ring (bicyclic) bond motifs is 3. The van der Waals surface area contributed by atoms with Gasteiger partial charge in [0.1, 0.15) is 22.8 Å². The van der Waals surface area contributed by atoms with Crippen molar-refractivity contribution in [1.82, 2.24) is 9.80 Å². The third-order valence-electron chi connectivity index (χ3n) is 10.4. The van der Waals surface area contributed by atoms with Crippen molar-refractivity contribution in [3.05, 3.63) is 70.0 Å². The maximum absolute atomic E-state index is 14.1. The number of amides is 1. The van der Waals surface area contributed by atoms with Gasteiger partial charge >= 0.3 is 5.97 Å². The van der Waals surface area contributed by atoms with Crippen LogP contribution in [0, 0.1) is 17.8 Å². The van der Waals surface area contributed by atoms with Gasteiger partial charge in [-0.3, -0.25) is 29.0 Å². The fraction of sp³-hybridized carbons (Fsp3) is 0.444. The van der Waals surface area contributed by atoms with Gasteiger partial charge in [0.25, 0.3) is 5.91 Å². The summed E-state index contributed by atoms with van der Waals surface area (Å²) < 4.78 is 4.89. The van der Waals surface area contributed by atoms with Crippen molar-refractivity contribution in [1.29, 1.82) is 0 Å². The molecule has 12 heteroatoms. The number of ketones is 2. The van der Waals surface area contributed by atoms with Crippen molar-refractivity contribution in [2.45, 2.75) is 51.3 Å². The number of carbonyl (C=O) groups excluding carboxylic acids is 4. The molecule has 0 radical (unpaired) electrons. The smallest absolute Gasteiger partial charge is 0.308 e. The van der Waals surface area contributed by atoms with Crippen molar-refractivity contribution in [2.24, 2.45) is 23.5 Å². The van der Waals surface area contributed by atoms with Crippen LogP contribution in [-0.2, 0) is 36.9 Å². The number of methoxy groups -OCH3 is 1. The van der Waals surface area contributed by atoms with Gasteiger partial charge in [0, 0.05) is 18.0 Å². The Bertz CT molecular complexity index is 1740. The standard InChI is InChI=1S/C35H39N3O9.CH4/c1-37(2)28-23-15-20-14-22-21(18-6-4-17(5-7-18)16-38-12-10-19(11-13-38)34(45)47-3)8-9-24(39)26(22)29(40)25(20)31(42)35(23,46)32(43)27(30(28)41)33(36)44;/h4-9,19-20,23,28,39-40,43,46H,10-16H2,1-3H3,(H2,36,44);1H4/t20-,23-,28-,35-;/m0./s1. The van der Waals surface area contributed by atoms with Gasteiger partial charge in [0.05, 0.1) is 24.6 Å². The number of likely N-dealkylation sites (tertiary alicyclic amines) is 1. The molecule has 48 heavy (non-hydrogen) atoms. The molecule has 0 unspecified atom stereocenters. The maximum atomic E-state index is 14.1.